The Morgan fingerprint density at radius 3 is 2.59 bits per heavy atom. The highest BCUT2D eigenvalue weighted by atomic mass is 16.3. The van der Waals surface area contributed by atoms with Gasteiger partial charge in [-0.15, -0.1) is 10.2 Å². The summed E-state index contributed by atoms with van der Waals surface area (Å²) in [5, 5.41) is 23.2. The maximum Gasteiger partial charge on any atom is 0.272 e. The molecular formula is C18H28N6O3. The first-order valence-electron chi connectivity index (χ1n) is 9.57. The van der Waals surface area contributed by atoms with Crippen molar-refractivity contribution in [1.29, 1.82) is 0 Å². The Morgan fingerprint density at radius 1 is 1.22 bits per heavy atom. The number of likely N-dealkylation sites (N-methyl/N-ethyl adjacent to an activating group) is 1. The minimum Gasteiger partial charge on any atom is -0.394 e. The first-order valence-corrected chi connectivity index (χ1v) is 9.57. The summed E-state index contributed by atoms with van der Waals surface area (Å²) < 4.78 is 0. The quantitative estimate of drug-likeness (QED) is 0.581. The van der Waals surface area contributed by atoms with Gasteiger partial charge in [-0.1, -0.05) is 0 Å². The number of amides is 2. The van der Waals surface area contributed by atoms with Gasteiger partial charge in [0.05, 0.1) is 18.7 Å². The third kappa shape index (κ3) is 4.92. The molecule has 0 bridgehead atoms. The number of hydrogen-bond donors (Lipinski definition) is 3. The van der Waals surface area contributed by atoms with E-state index in [1.807, 2.05) is 11.9 Å². The van der Waals surface area contributed by atoms with Gasteiger partial charge >= 0.3 is 0 Å². The Labute approximate surface area is 159 Å². The Hall–Kier alpha value is -2.26. The van der Waals surface area contributed by atoms with Crippen molar-refractivity contribution in [2.24, 2.45) is 0 Å². The second kappa shape index (κ2) is 9.09. The molecule has 2 atom stereocenters. The molecule has 0 aromatic carbocycles. The topological polar surface area (TPSA) is 111 Å². The number of nitrogens with zero attached hydrogens (tertiary/aromatic N) is 4. The molecule has 2 aliphatic heterocycles. The van der Waals surface area contributed by atoms with Crippen LogP contribution in [0.5, 0.6) is 0 Å². The molecule has 2 amide bonds. The summed E-state index contributed by atoms with van der Waals surface area (Å²) in [5.74, 6) is 0.287. The molecule has 0 aliphatic carbocycles. The molecule has 3 rings (SSSR count). The van der Waals surface area contributed by atoms with Crippen LogP contribution in [-0.2, 0) is 4.79 Å². The summed E-state index contributed by atoms with van der Waals surface area (Å²) in [5.41, 5.74) is 0.193. The van der Waals surface area contributed by atoms with E-state index in [0.717, 1.165) is 51.1 Å². The summed E-state index contributed by atoms with van der Waals surface area (Å²) in [6.45, 7) is 2.73. The SMILES string of the molecule is CN1CCC[C@H]1C(=O)NCC(CO)NC(=O)c1ccc(N2CCCC2)nn1. The third-order valence-electron chi connectivity index (χ3n) is 5.21. The number of nitrogens with one attached hydrogen (secondary N) is 2. The predicted molar refractivity (Wildman–Crippen MR) is 100 cm³/mol. The highest BCUT2D eigenvalue weighted by Crippen LogP contribution is 2.16. The van der Waals surface area contributed by atoms with Crippen LogP contribution in [0.4, 0.5) is 5.82 Å². The van der Waals surface area contributed by atoms with Crippen molar-refractivity contribution in [2.75, 3.05) is 44.7 Å². The number of carbonyl (C=O) groups excluding carboxylic acids is 2. The lowest BCUT2D eigenvalue weighted by Gasteiger charge is -2.21. The van der Waals surface area contributed by atoms with E-state index in [1.54, 1.807) is 12.1 Å². The third-order valence-corrected chi connectivity index (χ3v) is 5.21. The second-order valence-corrected chi connectivity index (χ2v) is 7.21. The molecule has 27 heavy (non-hydrogen) atoms. The van der Waals surface area contributed by atoms with Gasteiger partial charge in [-0.2, -0.15) is 0 Å². The summed E-state index contributed by atoms with van der Waals surface area (Å²) in [6, 6.07) is 2.72. The Balaban J connectivity index is 1.49. The Bertz CT molecular complexity index is 647. The van der Waals surface area contributed by atoms with Crippen molar-refractivity contribution in [1.82, 2.24) is 25.7 Å². The highest BCUT2D eigenvalue weighted by Gasteiger charge is 2.28. The first kappa shape index (κ1) is 19.5. The van der Waals surface area contributed by atoms with Crippen molar-refractivity contribution in [3.63, 3.8) is 0 Å². The lowest BCUT2D eigenvalue weighted by Crippen LogP contribution is -2.49. The summed E-state index contributed by atoms with van der Waals surface area (Å²) in [6.07, 6.45) is 4.12. The number of likely N-dealkylation sites (tertiary alicyclic amines) is 1. The van der Waals surface area contributed by atoms with E-state index in [2.05, 4.69) is 25.7 Å². The Morgan fingerprint density at radius 2 is 2.00 bits per heavy atom. The van der Waals surface area contributed by atoms with Gasteiger partial charge < -0.3 is 20.6 Å². The standard InChI is InChI=1S/C18H28N6O3/c1-23-8-4-5-15(23)18(27)19-11-13(12-25)20-17(26)14-6-7-16(22-21-14)24-9-2-3-10-24/h6-7,13,15,25H,2-5,8-12H2,1H3,(H,19,27)(H,20,26)/t13?,15-/m0/s1. The fraction of sp³-hybridized carbons (Fsp3) is 0.667. The van der Waals surface area contributed by atoms with Crippen LogP contribution in [0.3, 0.4) is 0 Å². The number of hydrogen-bond acceptors (Lipinski definition) is 7. The van der Waals surface area contributed by atoms with Gasteiger partial charge in [0.25, 0.3) is 5.91 Å². The van der Waals surface area contributed by atoms with Crippen LogP contribution in [0, 0.1) is 0 Å². The van der Waals surface area contributed by atoms with Crippen molar-refractivity contribution in [3.05, 3.63) is 17.8 Å². The number of carbonyl (C=O) groups is 2. The van der Waals surface area contributed by atoms with Gasteiger partial charge in [0.1, 0.15) is 0 Å². The fourth-order valence-corrected chi connectivity index (χ4v) is 3.56. The molecule has 9 heteroatoms. The molecule has 148 valence electrons. The minimum atomic E-state index is -0.576. The van der Waals surface area contributed by atoms with Crippen LogP contribution >= 0.6 is 0 Å². The van der Waals surface area contributed by atoms with E-state index in [4.69, 9.17) is 0 Å². The monoisotopic (exact) mass is 376 g/mol. The molecule has 2 aliphatic rings. The summed E-state index contributed by atoms with van der Waals surface area (Å²) in [7, 11) is 1.92. The zero-order valence-corrected chi connectivity index (χ0v) is 15.7. The van der Waals surface area contributed by atoms with Crippen molar-refractivity contribution in [2.45, 2.75) is 37.8 Å². The van der Waals surface area contributed by atoms with Crippen LogP contribution in [0.1, 0.15) is 36.2 Å². The van der Waals surface area contributed by atoms with Crippen molar-refractivity contribution in [3.8, 4) is 0 Å². The zero-order valence-electron chi connectivity index (χ0n) is 15.7. The minimum absolute atomic E-state index is 0.0718. The van der Waals surface area contributed by atoms with E-state index in [-0.39, 0.29) is 30.8 Å². The van der Waals surface area contributed by atoms with Crippen LogP contribution in [0.25, 0.3) is 0 Å². The van der Waals surface area contributed by atoms with Gasteiger partial charge in [0.15, 0.2) is 11.5 Å². The molecule has 2 fully saturated rings. The number of aliphatic hydroxyl groups excluding tert-OH is 1. The van der Waals surface area contributed by atoms with Crippen LogP contribution in [0.15, 0.2) is 12.1 Å². The lowest BCUT2D eigenvalue weighted by atomic mass is 10.2. The molecular weight excluding hydrogens is 348 g/mol. The van der Waals surface area contributed by atoms with E-state index in [1.165, 1.54) is 0 Å². The first-order chi connectivity index (χ1) is 13.1. The van der Waals surface area contributed by atoms with Gasteiger partial charge in [-0.25, -0.2) is 0 Å². The molecule has 3 N–H and O–H groups in total. The number of aromatic nitrogens is 2. The summed E-state index contributed by atoms with van der Waals surface area (Å²) >= 11 is 0. The maximum atomic E-state index is 12.3. The molecule has 0 spiro atoms. The average Bonchev–Trinajstić information content (AvgIpc) is 3.36. The average molecular weight is 376 g/mol. The number of anilines is 1. The lowest BCUT2D eigenvalue weighted by molar-refractivity contribution is -0.125. The Kier molecular flexibility index (Phi) is 6.57. The van der Waals surface area contributed by atoms with Crippen LogP contribution < -0.4 is 15.5 Å². The van der Waals surface area contributed by atoms with E-state index in [9.17, 15) is 14.7 Å². The van der Waals surface area contributed by atoms with Gasteiger partial charge in [-0.3, -0.25) is 14.5 Å². The fourth-order valence-electron chi connectivity index (χ4n) is 3.56. The molecule has 3 heterocycles. The highest BCUT2D eigenvalue weighted by molar-refractivity contribution is 5.92. The number of aliphatic hydroxyl groups is 1. The normalized spacial score (nSPS) is 21.3. The van der Waals surface area contributed by atoms with Crippen LogP contribution in [0.2, 0.25) is 0 Å². The van der Waals surface area contributed by atoms with E-state index < -0.39 is 11.9 Å². The second-order valence-electron chi connectivity index (χ2n) is 7.21. The van der Waals surface area contributed by atoms with Gasteiger partial charge in [0.2, 0.25) is 5.91 Å². The van der Waals surface area contributed by atoms with Gasteiger partial charge in [0, 0.05) is 19.6 Å². The number of rotatable bonds is 7. The zero-order chi connectivity index (χ0) is 19.2. The maximum absolute atomic E-state index is 12.3. The molecule has 1 aromatic heterocycles. The largest absolute Gasteiger partial charge is 0.394 e. The van der Waals surface area contributed by atoms with E-state index in [0.29, 0.717) is 0 Å². The van der Waals surface area contributed by atoms with Gasteiger partial charge in [-0.05, 0) is 51.4 Å². The molecule has 0 radical (unpaired) electrons. The van der Waals surface area contributed by atoms with Crippen LogP contribution in [-0.4, -0.2) is 83.9 Å². The molecule has 2 saturated heterocycles. The predicted octanol–water partition coefficient (Wildman–Crippen LogP) is -0.622. The van der Waals surface area contributed by atoms with Crippen molar-refractivity contribution >= 4 is 17.6 Å². The van der Waals surface area contributed by atoms with Crippen molar-refractivity contribution < 1.29 is 14.7 Å². The molecule has 1 unspecified atom stereocenters. The molecule has 1 aromatic rings. The smallest absolute Gasteiger partial charge is 0.272 e. The van der Waals surface area contributed by atoms with E-state index >= 15 is 0 Å². The summed E-state index contributed by atoms with van der Waals surface area (Å²) in [4.78, 5) is 28.7. The molecule has 9 nitrogen and oxygen atoms in total. The molecule has 0 saturated carbocycles.